The molecule has 168 valence electrons. The van der Waals surface area contributed by atoms with Crippen LogP contribution in [-0.2, 0) is 16.0 Å². The van der Waals surface area contributed by atoms with Gasteiger partial charge in [-0.2, -0.15) is 0 Å². The summed E-state index contributed by atoms with van der Waals surface area (Å²) < 4.78 is 13.7. The molecule has 1 aliphatic rings. The van der Waals surface area contributed by atoms with Crippen LogP contribution < -0.4 is 5.32 Å². The van der Waals surface area contributed by atoms with Crippen LogP contribution in [0.15, 0.2) is 48.5 Å². The molecule has 2 heterocycles. The predicted molar refractivity (Wildman–Crippen MR) is 124 cm³/mol. The smallest absolute Gasteiger partial charge is 0.230 e. The average molecular weight is 436 g/mol. The quantitative estimate of drug-likeness (QED) is 0.600. The van der Waals surface area contributed by atoms with Crippen molar-refractivity contribution in [1.29, 1.82) is 0 Å². The highest BCUT2D eigenvalue weighted by Gasteiger charge is 2.29. The van der Waals surface area contributed by atoms with Crippen molar-refractivity contribution < 1.29 is 14.0 Å². The van der Waals surface area contributed by atoms with Crippen LogP contribution in [0.2, 0.25) is 0 Å². The van der Waals surface area contributed by atoms with E-state index in [9.17, 15) is 14.0 Å². The number of aryl methyl sites for hydroxylation is 1. The van der Waals surface area contributed by atoms with E-state index in [1.165, 1.54) is 12.1 Å². The molecule has 0 saturated carbocycles. The molecule has 1 fully saturated rings. The number of aromatic nitrogens is 1. The summed E-state index contributed by atoms with van der Waals surface area (Å²) in [4.78, 5) is 30.9. The summed E-state index contributed by atoms with van der Waals surface area (Å²) >= 11 is 0. The Kier molecular flexibility index (Phi) is 6.58. The van der Waals surface area contributed by atoms with Gasteiger partial charge in [-0.15, -0.1) is 0 Å². The maximum absolute atomic E-state index is 13.7. The highest BCUT2D eigenvalue weighted by molar-refractivity contribution is 5.90. The molecule has 1 aromatic heterocycles. The van der Waals surface area contributed by atoms with E-state index in [1.54, 1.807) is 6.07 Å². The maximum Gasteiger partial charge on any atom is 0.230 e. The van der Waals surface area contributed by atoms with Gasteiger partial charge in [-0.25, -0.2) is 4.39 Å². The first kappa shape index (κ1) is 22.1. The summed E-state index contributed by atoms with van der Waals surface area (Å²) in [5, 5.41) is 3.87. The predicted octanol–water partition coefficient (Wildman–Crippen LogP) is 4.46. The number of benzene rings is 2. The zero-order valence-corrected chi connectivity index (χ0v) is 18.7. The van der Waals surface area contributed by atoms with Crippen LogP contribution in [0.4, 0.5) is 4.39 Å². The second kappa shape index (κ2) is 9.55. The SMILES string of the molecule is CCC(C(=O)N1CCC(NC(=O)Cc2c(C)[nH]c3ccc(F)cc23)CC1)c1ccccc1. The fourth-order valence-electron chi connectivity index (χ4n) is 4.72. The van der Waals surface area contributed by atoms with Crippen LogP contribution in [-0.4, -0.2) is 40.8 Å². The molecule has 4 rings (SSSR count). The lowest BCUT2D eigenvalue weighted by Gasteiger charge is -2.34. The number of nitrogens with zero attached hydrogens (tertiary/aromatic N) is 1. The third-order valence-electron chi connectivity index (χ3n) is 6.50. The van der Waals surface area contributed by atoms with Gasteiger partial charge in [0.15, 0.2) is 0 Å². The van der Waals surface area contributed by atoms with Crippen LogP contribution in [0.25, 0.3) is 10.9 Å². The van der Waals surface area contributed by atoms with Gasteiger partial charge < -0.3 is 15.2 Å². The zero-order valence-electron chi connectivity index (χ0n) is 18.7. The second-order valence-electron chi connectivity index (χ2n) is 8.63. The number of amides is 2. The molecule has 0 spiro atoms. The molecule has 0 bridgehead atoms. The first-order chi connectivity index (χ1) is 15.5. The van der Waals surface area contributed by atoms with Crippen molar-refractivity contribution in [2.45, 2.75) is 51.5 Å². The first-order valence-electron chi connectivity index (χ1n) is 11.4. The van der Waals surface area contributed by atoms with Gasteiger partial charge in [-0.3, -0.25) is 9.59 Å². The molecule has 2 N–H and O–H groups in total. The molecule has 3 aromatic rings. The monoisotopic (exact) mass is 435 g/mol. The molecule has 1 aliphatic heterocycles. The molecule has 2 aromatic carbocycles. The summed E-state index contributed by atoms with van der Waals surface area (Å²) in [5.74, 6) is -0.331. The molecule has 1 unspecified atom stereocenters. The molecular formula is C26H30FN3O2. The van der Waals surface area contributed by atoms with Gasteiger partial charge in [0.2, 0.25) is 11.8 Å². The summed E-state index contributed by atoms with van der Waals surface area (Å²) in [6, 6.07) is 14.6. The van der Waals surface area contributed by atoms with Gasteiger partial charge in [-0.1, -0.05) is 37.3 Å². The number of halogens is 1. The Morgan fingerprint density at radius 2 is 1.88 bits per heavy atom. The number of nitrogens with one attached hydrogen (secondary N) is 2. The number of aromatic amines is 1. The summed E-state index contributed by atoms with van der Waals surface area (Å²) in [7, 11) is 0. The molecule has 0 radical (unpaired) electrons. The van der Waals surface area contributed by atoms with Crippen molar-refractivity contribution >= 4 is 22.7 Å². The number of hydrogen-bond donors (Lipinski definition) is 2. The van der Waals surface area contributed by atoms with Crippen LogP contribution in [0.5, 0.6) is 0 Å². The third kappa shape index (κ3) is 4.69. The van der Waals surface area contributed by atoms with Crippen molar-refractivity contribution in [2.24, 2.45) is 0 Å². The number of H-pyrrole nitrogens is 1. The van der Waals surface area contributed by atoms with Crippen molar-refractivity contribution in [3.63, 3.8) is 0 Å². The van der Waals surface area contributed by atoms with E-state index in [4.69, 9.17) is 0 Å². The Morgan fingerprint density at radius 3 is 2.56 bits per heavy atom. The van der Waals surface area contributed by atoms with Gasteiger partial charge in [0.1, 0.15) is 5.82 Å². The number of hydrogen-bond acceptors (Lipinski definition) is 2. The second-order valence-corrected chi connectivity index (χ2v) is 8.63. The molecule has 32 heavy (non-hydrogen) atoms. The highest BCUT2D eigenvalue weighted by atomic mass is 19.1. The Labute approximate surface area is 188 Å². The molecule has 2 amide bonds. The largest absolute Gasteiger partial charge is 0.358 e. The van der Waals surface area contributed by atoms with Crippen molar-refractivity contribution in [3.8, 4) is 0 Å². The molecule has 6 heteroatoms. The Balaban J connectivity index is 1.33. The minimum Gasteiger partial charge on any atom is -0.358 e. The first-order valence-corrected chi connectivity index (χ1v) is 11.4. The zero-order chi connectivity index (χ0) is 22.7. The van der Waals surface area contributed by atoms with Crippen LogP contribution in [0, 0.1) is 12.7 Å². The molecule has 5 nitrogen and oxygen atoms in total. The van der Waals surface area contributed by atoms with Crippen molar-refractivity contribution in [2.75, 3.05) is 13.1 Å². The van der Waals surface area contributed by atoms with E-state index in [0.717, 1.165) is 47.0 Å². The fourth-order valence-corrected chi connectivity index (χ4v) is 4.72. The normalized spacial score (nSPS) is 15.7. The van der Waals surface area contributed by atoms with E-state index in [0.29, 0.717) is 13.1 Å². The minimum absolute atomic E-state index is 0.0469. The van der Waals surface area contributed by atoms with Crippen molar-refractivity contribution in [1.82, 2.24) is 15.2 Å². The van der Waals surface area contributed by atoms with Gasteiger partial charge in [-0.05, 0) is 55.5 Å². The maximum atomic E-state index is 13.7. The lowest BCUT2D eigenvalue weighted by molar-refractivity contribution is -0.134. The van der Waals surface area contributed by atoms with E-state index in [2.05, 4.69) is 10.3 Å². The summed E-state index contributed by atoms with van der Waals surface area (Å²) in [5.41, 5.74) is 3.61. The van der Waals surface area contributed by atoms with E-state index < -0.39 is 0 Å². The molecule has 0 aliphatic carbocycles. The molecule has 1 saturated heterocycles. The number of likely N-dealkylation sites (tertiary alicyclic amines) is 1. The third-order valence-corrected chi connectivity index (χ3v) is 6.50. The van der Waals surface area contributed by atoms with Gasteiger partial charge in [0.25, 0.3) is 0 Å². The van der Waals surface area contributed by atoms with Gasteiger partial charge in [0.05, 0.1) is 12.3 Å². The lowest BCUT2D eigenvalue weighted by Crippen LogP contribution is -2.48. The van der Waals surface area contributed by atoms with Gasteiger partial charge in [0, 0.05) is 35.7 Å². The van der Waals surface area contributed by atoms with Crippen LogP contribution in [0.1, 0.15) is 48.9 Å². The Hall–Kier alpha value is -3.15. The fraction of sp³-hybridized carbons (Fsp3) is 0.385. The number of rotatable bonds is 6. The van der Waals surface area contributed by atoms with E-state index in [1.807, 2.05) is 49.1 Å². The highest BCUT2D eigenvalue weighted by Crippen LogP contribution is 2.25. The minimum atomic E-state index is -0.309. The Bertz CT molecular complexity index is 1100. The topological polar surface area (TPSA) is 65.2 Å². The van der Waals surface area contributed by atoms with E-state index in [-0.39, 0.29) is 36.0 Å². The summed E-state index contributed by atoms with van der Waals surface area (Å²) in [6.45, 7) is 5.23. The summed E-state index contributed by atoms with van der Waals surface area (Å²) in [6.07, 6.45) is 2.46. The molecule has 1 atom stereocenters. The number of carbonyl (C=O) groups is 2. The van der Waals surface area contributed by atoms with Gasteiger partial charge >= 0.3 is 0 Å². The number of fused-ring (bicyclic) bond motifs is 1. The average Bonchev–Trinajstić information content (AvgIpc) is 3.09. The standard InChI is InChI=1S/C26H30FN3O2/c1-3-21(18-7-5-4-6-8-18)26(32)30-13-11-20(12-14-30)29-25(31)16-22-17(2)28-24-10-9-19(27)15-23(22)24/h4-10,15,20-21,28H,3,11-14,16H2,1-2H3,(H,29,31). The number of carbonyl (C=O) groups excluding carboxylic acids is 2. The Morgan fingerprint density at radius 1 is 1.16 bits per heavy atom. The number of piperidine rings is 1. The van der Waals surface area contributed by atoms with Crippen molar-refractivity contribution in [3.05, 3.63) is 71.2 Å². The van der Waals surface area contributed by atoms with E-state index >= 15 is 0 Å². The lowest BCUT2D eigenvalue weighted by atomic mass is 9.93. The van der Waals surface area contributed by atoms with Crippen LogP contribution in [0.3, 0.4) is 0 Å². The van der Waals surface area contributed by atoms with Crippen LogP contribution >= 0.6 is 0 Å². The molecular weight excluding hydrogens is 405 g/mol.